The number of rotatable bonds is 7. The fourth-order valence-corrected chi connectivity index (χ4v) is 3.50. The molecule has 2 heterocycles. The molecule has 3 rings (SSSR count). The lowest BCUT2D eigenvalue weighted by Crippen LogP contribution is -2.17. The van der Waals surface area contributed by atoms with Gasteiger partial charge in [-0.25, -0.2) is 0 Å². The van der Waals surface area contributed by atoms with E-state index in [0.717, 1.165) is 36.0 Å². The van der Waals surface area contributed by atoms with Crippen LogP contribution in [0.15, 0.2) is 35.5 Å². The number of hydrogen-bond acceptors (Lipinski definition) is 6. The van der Waals surface area contributed by atoms with E-state index in [0.29, 0.717) is 6.54 Å². The van der Waals surface area contributed by atoms with E-state index >= 15 is 0 Å². The van der Waals surface area contributed by atoms with E-state index in [4.69, 9.17) is 9.47 Å². The molecule has 0 amide bonds. The van der Waals surface area contributed by atoms with Crippen molar-refractivity contribution in [3.8, 4) is 11.4 Å². The van der Waals surface area contributed by atoms with Crippen molar-refractivity contribution in [3.05, 3.63) is 30.3 Å². The first-order valence-corrected chi connectivity index (χ1v) is 9.54. The molecular weight excluding hydrogens is 338 g/mol. The van der Waals surface area contributed by atoms with Gasteiger partial charge >= 0.3 is 5.97 Å². The van der Waals surface area contributed by atoms with Crippen LogP contribution in [0.25, 0.3) is 11.4 Å². The lowest BCUT2D eigenvalue weighted by Gasteiger charge is -2.14. The molecular formula is C18H23N3O3S. The number of esters is 1. The van der Waals surface area contributed by atoms with Gasteiger partial charge in [-0.1, -0.05) is 42.1 Å². The maximum Gasteiger partial charge on any atom is 0.316 e. The van der Waals surface area contributed by atoms with Crippen LogP contribution in [0.3, 0.4) is 0 Å². The highest BCUT2D eigenvalue weighted by molar-refractivity contribution is 7.99. The van der Waals surface area contributed by atoms with E-state index in [1.54, 1.807) is 0 Å². The van der Waals surface area contributed by atoms with Crippen molar-refractivity contribution in [3.63, 3.8) is 0 Å². The van der Waals surface area contributed by atoms with Gasteiger partial charge in [0.2, 0.25) is 0 Å². The number of aromatic nitrogens is 3. The van der Waals surface area contributed by atoms with Crippen LogP contribution in [0.2, 0.25) is 0 Å². The molecule has 25 heavy (non-hydrogen) atoms. The number of thioether (sulfide) groups is 1. The van der Waals surface area contributed by atoms with Gasteiger partial charge in [0.15, 0.2) is 11.0 Å². The third kappa shape index (κ3) is 4.83. The van der Waals surface area contributed by atoms with Gasteiger partial charge in [-0.2, -0.15) is 0 Å². The first kappa shape index (κ1) is 17.9. The van der Waals surface area contributed by atoms with Crippen molar-refractivity contribution >= 4 is 17.7 Å². The van der Waals surface area contributed by atoms with E-state index in [9.17, 15) is 4.79 Å². The van der Waals surface area contributed by atoms with Gasteiger partial charge < -0.3 is 9.47 Å². The second-order valence-electron chi connectivity index (χ2n) is 6.25. The highest BCUT2D eigenvalue weighted by Crippen LogP contribution is 2.26. The van der Waals surface area contributed by atoms with E-state index in [-0.39, 0.29) is 23.9 Å². The molecule has 1 atom stereocenters. The Morgan fingerprint density at radius 3 is 2.84 bits per heavy atom. The minimum absolute atomic E-state index is 0.113. The number of carbonyl (C=O) groups excluding carboxylic acids is 1. The normalized spacial score (nSPS) is 17.2. The average molecular weight is 361 g/mol. The quantitative estimate of drug-likeness (QED) is 0.557. The molecule has 134 valence electrons. The van der Waals surface area contributed by atoms with Crippen molar-refractivity contribution < 1.29 is 14.3 Å². The predicted octanol–water partition coefficient (Wildman–Crippen LogP) is 3.17. The molecule has 2 aromatic rings. The lowest BCUT2D eigenvalue weighted by atomic mass is 10.2. The Balaban J connectivity index is 1.79. The van der Waals surface area contributed by atoms with Crippen LogP contribution < -0.4 is 0 Å². The Morgan fingerprint density at radius 1 is 1.36 bits per heavy atom. The predicted molar refractivity (Wildman–Crippen MR) is 96.4 cm³/mol. The highest BCUT2D eigenvalue weighted by atomic mass is 32.2. The summed E-state index contributed by atoms with van der Waals surface area (Å²) in [5, 5.41) is 9.37. The number of ether oxygens (including phenoxy) is 2. The first-order valence-electron chi connectivity index (χ1n) is 8.56. The highest BCUT2D eigenvalue weighted by Gasteiger charge is 2.22. The van der Waals surface area contributed by atoms with Crippen LogP contribution in [0.4, 0.5) is 0 Å². The summed E-state index contributed by atoms with van der Waals surface area (Å²) in [5.41, 5.74) is 1.00. The summed E-state index contributed by atoms with van der Waals surface area (Å²) in [6.07, 6.45) is 2.17. The third-order valence-electron chi connectivity index (χ3n) is 3.85. The maximum atomic E-state index is 11.8. The van der Waals surface area contributed by atoms with Gasteiger partial charge in [0.1, 0.15) is 0 Å². The molecule has 7 heteroatoms. The monoisotopic (exact) mass is 361 g/mol. The zero-order valence-corrected chi connectivity index (χ0v) is 15.4. The summed E-state index contributed by atoms with van der Waals surface area (Å²) in [5.74, 6) is 0.778. The first-order chi connectivity index (χ1) is 12.1. The number of carbonyl (C=O) groups is 1. The summed E-state index contributed by atoms with van der Waals surface area (Å²) in [7, 11) is 0. The fourth-order valence-electron chi connectivity index (χ4n) is 2.77. The molecule has 0 radical (unpaired) electrons. The molecule has 1 saturated heterocycles. The molecule has 0 saturated carbocycles. The van der Waals surface area contributed by atoms with Crippen molar-refractivity contribution in [2.75, 3.05) is 12.4 Å². The van der Waals surface area contributed by atoms with E-state index in [2.05, 4.69) is 14.8 Å². The van der Waals surface area contributed by atoms with Crippen molar-refractivity contribution in [2.45, 2.75) is 50.6 Å². The van der Waals surface area contributed by atoms with Gasteiger partial charge in [-0.05, 0) is 26.7 Å². The van der Waals surface area contributed by atoms with Crippen LogP contribution in [0.5, 0.6) is 0 Å². The fraction of sp³-hybridized carbons (Fsp3) is 0.500. The minimum atomic E-state index is -0.243. The SMILES string of the molecule is CC(C)OC(=O)CSc1nnc(-c2ccccc2)n1C[C@H]1CCCO1. The second kappa shape index (κ2) is 8.49. The van der Waals surface area contributed by atoms with Gasteiger partial charge in [0.05, 0.1) is 24.5 Å². The van der Waals surface area contributed by atoms with Crippen LogP contribution in [-0.2, 0) is 20.8 Å². The second-order valence-corrected chi connectivity index (χ2v) is 7.19. The van der Waals surface area contributed by atoms with Crippen molar-refractivity contribution in [1.82, 2.24) is 14.8 Å². The number of nitrogens with zero attached hydrogens (tertiary/aromatic N) is 3. The summed E-state index contributed by atoms with van der Waals surface area (Å²) in [6, 6.07) is 9.96. The van der Waals surface area contributed by atoms with Crippen molar-refractivity contribution in [2.24, 2.45) is 0 Å². The molecule has 0 aliphatic carbocycles. The molecule has 0 bridgehead atoms. The Bertz CT molecular complexity index is 697. The van der Waals surface area contributed by atoms with Crippen LogP contribution >= 0.6 is 11.8 Å². The minimum Gasteiger partial charge on any atom is -0.462 e. The standard InChI is InChI=1S/C18H23N3O3S/c1-13(2)24-16(22)12-25-18-20-19-17(14-7-4-3-5-8-14)21(18)11-15-9-6-10-23-15/h3-5,7-8,13,15H,6,9-12H2,1-2H3/t15-/m1/s1. The van der Waals surface area contributed by atoms with Gasteiger partial charge in [0.25, 0.3) is 0 Å². The van der Waals surface area contributed by atoms with E-state index < -0.39 is 0 Å². The molecule has 1 aromatic heterocycles. The van der Waals surface area contributed by atoms with E-state index in [1.807, 2.05) is 44.2 Å². The largest absolute Gasteiger partial charge is 0.462 e. The molecule has 1 fully saturated rings. The Labute approximate surface area is 151 Å². The Hall–Kier alpha value is -1.86. The zero-order chi connectivity index (χ0) is 17.6. The summed E-state index contributed by atoms with van der Waals surface area (Å²) < 4.78 is 13.0. The van der Waals surface area contributed by atoms with Gasteiger partial charge in [-0.15, -0.1) is 10.2 Å². The molecule has 0 spiro atoms. The topological polar surface area (TPSA) is 66.2 Å². The lowest BCUT2D eigenvalue weighted by molar-refractivity contribution is -0.144. The summed E-state index contributed by atoms with van der Waals surface area (Å²) >= 11 is 1.36. The molecule has 0 unspecified atom stereocenters. The number of hydrogen-bond donors (Lipinski definition) is 0. The maximum absolute atomic E-state index is 11.8. The van der Waals surface area contributed by atoms with Gasteiger partial charge in [0, 0.05) is 12.2 Å². The van der Waals surface area contributed by atoms with Crippen LogP contribution in [0.1, 0.15) is 26.7 Å². The zero-order valence-electron chi connectivity index (χ0n) is 14.6. The smallest absolute Gasteiger partial charge is 0.316 e. The average Bonchev–Trinajstić information content (AvgIpc) is 3.24. The van der Waals surface area contributed by atoms with Crippen LogP contribution in [0, 0.1) is 0 Å². The Kier molecular flexibility index (Phi) is 6.09. The molecule has 0 N–H and O–H groups in total. The summed E-state index contributed by atoms with van der Waals surface area (Å²) in [6.45, 7) is 5.18. The summed E-state index contributed by atoms with van der Waals surface area (Å²) in [4.78, 5) is 11.8. The Morgan fingerprint density at radius 2 is 2.16 bits per heavy atom. The van der Waals surface area contributed by atoms with Crippen molar-refractivity contribution in [1.29, 1.82) is 0 Å². The van der Waals surface area contributed by atoms with E-state index in [1.165, 1.54) is 11.8 Å². The van der Waals surface area contributed by atoms with Gasteiger partial charge in [-0.3, -0.25) is 9.36 Å². The molecule has 1 aliphatic rings. The molecule has 6 nitrogen and oxygen atoms in total. The molecule has 1 aromatic carbocycles. The van der Waals surface area contributed by atoms with Crippen LogP contribution in [-0.4, -0.2) is 45.3 Å². The molecule has 1 aliphatic heterocycles. The number of benzene rings is 1. The third-order valence-corrected chi connectivity index (χ3v) is 4.79.